The van der Waals surface area contributed by atoms with Crippen LogP contribution in [0.1, 0.15) is 95.4 Å². The summed E-state index contributed by atoms with van der Waals surface area (Å²) in [6.07, 6.45) is 4.05. The molecule has 0 radical (unpaired) electrons. The summed E-state index contributed by atoms with van der Waals surface area (Å²) in [6, 6.07) is 0. The molecule has 0 nitrogen and oxygen atoms in total. The average Bonchev–Trinajstić information content (AvgIpc) is 2.37. The summed E-state index contributed by atoms with van der Waals surface area (Å²) in [6.45, 7) is 27.6. The molecule has 20 heavy (non-hydrogen) atoms. The minimum Gasteiger partial charge on any atom is -0.0654 e. The zero-order chi connectivity index (χ0) is 16.2. The zero-order valence-corrected chi connectivity index (χ0v) is 16.2. The third kappa shape index (κ3) is 1.72. The molecule has 0 aromatic heterocycles. The standard InChI is InChI=1S/C20H40/c1-12-13-14-15(2)20(11)18(7,8)16(3,4)17(5,6)19(20,9)10/h15H,12-14H2,1-11H3. The van der Waals surface area contributed by atoms with E-state index in [4.69, 9.17) is 0 Å². The number of hydrogen-bond donors (Lipinski definition) is 0. The van der Waals surface area contributed by atoms with Gasteiger partial charge in [0.1, 0.15) is 0 Å². The second kappa shape index (κ2) is 4.75. The quantitative estimate of drug-likeness (QED) is 0.523. The molecule has 0 aromatic rings. The van der Waals surface area contributed by atoms with Crippen LogP contribution in [0.5, 0.6) is 0 Å². The minimum atomic E-state index is 0.332. The van der Waals surface area contributed by atoms with Crippen LogP contribution in [-0.2, 0) is 0 Å². The van der Waals surface area contributed by atoms with E-state index in [1.54, 1.807) is 0 Å². The van der Waals surface area contributed by atoms with Gasteiger partial charge >= 0.3 is 0 Å². The molecule has 0 N–H and O–H groups in total. The Bertz CT molecular complexity index is 328. The van der Waals surface area contributed by atoms with Crippen molar-refractivity contribution in [2.45, 2.75) is 95.4 Å². The summed E-state index contributed by atoms with van der Waals surface area (Å²) in [7, 11) is 0. The largest absolute Gasteiger partial charge is 0.0654 e. The molecule has 1 saturated carbocycles. The van der Waals surface area contributed by atoms with Gasteiger partial charge in [0.15, 0.2) is 0 Å². The normalized spacial score (nSPS) is 30.1. The van der Waals surface area contributed by atoms with Gasteiger partial charge in [-0.25, -0.2) is 0 Å². The molecule has 1 rings (SSSR count). The molecule has 1 aliphatic carbocycles. The SMILES string of the molecule is CCCCC(C)C1(C)C(C)(C)C(C)(C)C(C)(C)C1(C)C. The van der Waals surface area contributed by atoms with Gasteiger partial charge in [0.05, 0.1) is 0 Å². The predicted octanol–water partition coefficient (Wildman–Crippen LogP) is 6.94. The van der Waals surface area contributed by atoms with Crippen molar-refractivity contribution >= 4 is 0 Å². The van der Waals surface area contributed by atoms with Gasteiger partial charge in [-0.1, -0.05) is 95.4 Å². The second-order valence-corrected chi connectivity index (χ2v) is 9.75. The first kappa shape index (κ1) is 18.1. The minimum absolute atomic E-state index is 0.332. The molecule has 0 aliphatic heterocycles. The fourth-order valence-electron chi connectivity index (χ4n) is 5.67. The monoisotopic (exact) mass is 280 g/mol. The van der Waals surface area contributed by atoms with Crippen LogP contribution in [0.4, 0.5) is 0 Å². The highest BCUT2D eigenvalue weighted by atomic mass is 14.8. The van der Waals surface area contributed by atoms with Gasteiger partial charge in [0.2, 0.25) is 0 Å². The first-order valence-electron chi connectivity index (χ1n) is 8.73. The van der Waals surface area contributed by atoms with Crippen LogP contribution >= 0.6 is 0 Å². The summed E-state index contributed by atoms with van der Waals surface area (Å²) < 4.78 is 0. The van der Waals surface area contributed by atoms with E-state index >= 15 is 0 Å². The van der Waals surface area contributed by atoms with Crippen molar-refractivity contribution in [3.63, 3.8) is 0 Å². The van der Waals surface area contributed by atoms with Crippen molar-refractivity contribution in [3.05, 3.63) is 0 Å². The van der Waals surface area contributed by atoms with E-state index in [-0.39, 0.29) is 0 Å². The topological polar surface area (TPSA) is 0 Å². The molecule has 0 aromatic carbocycles. The summed E-state index contributed by atoms with van der Waals surface area (Å²) in [4.78, 5) is 0. The van der Waals surface area contributed by atoms with Crippen molar-refractivity contribution in [2.75, 3.05) is 0 Å². The highest BCUT2D eigenvalue weighted by Crippen LogP contribution is 2.80. The van der Waals surface area contributed by atoms with E-state index in [9.17, 15) is 0 Å². The molecule has 0 heterocycles. The van der Waals surface area contributed by atoms with Crippen molar-refractivity contribution < 1.29 is 0 Å². The summed E-state index contributed by atoms with van der Waals surface area (Å²) in [5, 5.41) is 0. The van der Waals surface area contributed by atoms with E-state index < -0.39 is 0 Å². The highest BCUT2D eigenvalue weighted by Gasteiger charge is 2.74. The maximum Gasteiger partial charge on any atom is -0.0187 e. The van der Waals surface area contributed by atoms with Crippen LogP contribution < -0.4 is 0 Å². The van der Waals surface area contributed by atoms with Crippen LogP contribution in [0.2, 0.25) is 0 Å². The Morgan fingerprint density at radius 2 is 1.00 bits per heavy atom. The van der Waals surface area contributed by atoms with Gasteiger partial charge in [-0.2, -0.15) is 0 Å². The van der Waals surface area contributed by atoms with Gasteiger partial charge in [0, 0.05) is 0 Å². The molecule has 0 bridgehead atoms. The molecular formula is C20H40. The highest BCUT2D eigenvalue weighted by molar-refractivity contribution is 5.21. The van der Waals surface area contributed by atoms with E-state index in [2.05, 4.69) is 76.2 Å². The lowest BCUT2D eigenvalue weighted by Crippen LogP contribution is -2.48. The first-order valence-corrected chi connectivity index (χ1v) is 8.73. The molecule has 120 valence electrons. The summed E-state index contributed by atoms with van der Waals surface area (Å²) in [5.41, 5.74) is 1.69. The first-order chi connectivity index (χ1) is 8.73. The third-order valence-electron chi connectivity index (χ3n) is 9.26. The van der Waals surface area contributed by atoms with Crippen LogP contribution in [0.15, 0.2) is 0 Å². The van der Waals surface area contributed by atoms with Gasteiger partial charge < -0.3 is 0 Å². The maximum absolute atomic E-state index is 2.59. The number of unbranched alkanes of at least 4 members (excludes halogenated alkanes) is 1. The number of rotatable bonds is 4. The Labute approximate surface area is 129 Å². The summed E-state index contributed by atoms with van der Waals surface area (Å²) in [5.74, 6) is 0.772. The smallest absolute Gasteiger partial charge is 0.0187 e. The average molecular weight is 281 g/mol. The second-order valence-electron chi connectivity index (χ2n) is 9.75. The van der Waals surface area contributed by atoms with Crippen LogP contribution in [0, 0.1) is 33.0 Å². The van der Waals surface area contributed by atoms with Gasteiger partial charge in [0.25, 0.3) is 0 Å². The molecule has 0 amide bonds. The lowest BCUT2D eigenvalue weighted by atomic mass is 9.50. The van der Waals surface area contributed by atoms with Crippen LogP contribution in [-0.4, -0.2) is 0 Å². The Morgan fingerprint density at radius 3 is 1.30 bits per heavy atom. The van der Waals surface area contributed by atoms with Crippen molar-refractivity contribution in [2.24, 2.45) is 33.0 Å². The van der Waals surface area contributed by atoms with Crippen molar-refractivity contribution in [1.82, 2.24) is 0 Å². The van der Waals surface area contributed by atoms with Gasteiger partial charge in [-0.3, -0.25) is 0 Å². The fourth-order valence-corrected chi connectivity index (χ4v) is 5.67. The lowest BCUT2D eigenvalue weighted by Gasteiger charge is -2.54. The lowest BCUT2D eigenvalue weighted by molar-refractivity contribution is -0.0588. The van der Waals surface area contributed by atoms with Crippen molar-refractivity contribution in [3.8, 4) is 0 Å². The zero-order valence-electron chi connectivity index (χ0n) is 16.2. The third-order valence-corrected chi connectivity index (χ3v) is 9.26. The molecule has 0 heteroatoms. The van der Waals surface area contributed by atoms with Crippen molar-refractivity contribution in [1.29, 1.82) is 0 Å². The van der Waals surface area contributed by atoms with Gasteiger partial charge in [-0.05, 0) is 33.0 Å². The Morgan fingerprint density at radius 1 is 0.650 bits per heavy atom. The van der Waals surface area contributed by atoms with Gasteiger partial charge in [-0.15, -0.1) is 0 Å². The summed E-state index contributed by atoms with van der Waals surface area (Å²) >= 11 is 0. The Hall–Kier alpha value is 0. The molecule has 0 saturated heterocycles. The molecule has 1 unspecified atom stereocenters. The maximum atomic E-state index is 2.59. The predicted molar refractivity (Wildman–Crippen MR) is 91.9 cm³/mol. The van der Waals surface area contributed by atoms with Crippen LogP contribution in [0.3, 0.4) is 0 Å². The van der Waals surface area contributed by atoms with E-state index in [1.807, 2.05) is 0 Å². The molecule has 0 spiro atoms. The number of hydrogen-bond acceptors (Lipinski definition) is 0. The fraction of sp³-hybridized carbons (Fsp3) is 1.00. The molecular weight excluding hydrogens is 240 g/mol. The van der Waals surface area contributed by atoms with E-state index in [0.717, 1.165) is 5.92 Å². The van der Waals surface area contributed by atoms with E-state index in [0.29, 0.717) is 27.1 Å². The molecule has 1 fully saturated rings. The molecule has 1 atom stereocenters. The Balaban J connectivity index is 3.44. The van der Waals surface area contributed by atoms with Crippen LogP contribution in [0.25, 0.3) is 0 Å². The Kier molecular flexibility index (Phi) is 4.29. The molecule has 1 aliphatic rings. The van der Waals surface area contributed by atoms with E-state index in [1.165, 1.54) is 19.3 Å².